The van der Waals surface area contributed by atoms with Gasteiger partial charge in [-0.25, -0.2) is 4.98 Å². The molecule has 0 saturated carbocycles. The minimum absolute atomic E-state index is 0.101. The number of furan rings is 1. The maximum Gasteiger partial charge on any atom is 0.286 e. The van der Waals surface area contributed by atoms with Crippen LogP contribution in [0.1, 0.15) is 10.6 Å². The summed E-state index contributed by atoms with van der Waals surface area (Å²) in [5.41, 5.74) is 5.60. The second-order valence-corrected chi connectivity index (χ2v) is 2.79. The maximum atomic E-state index is 11.0. The normalized spacial score (nSPS) is 10.1. The predicted octanol–water partition coefficient (Wildman–Crippen LogP) is 0.495. The Hall–Kier alpha value is -2.37. The van der Waals surface area contributed by atoms with Crippen molar-refractivity contribution >= 4 is 29.1 Å². The van der Waals surface area contributed by atoms with Crippen molar-refractivity contribution in [1.82, 2.24) is 4.98 Å². The van der Waals surface area contributed by atoms with Crippen LogP contribution in [-0.4, -0.2) is 17.3 Å². The van der Waals surface area contributed by atoms with Gasteiger partial charge in [0.1, 0.15) is 5.69 Å². The van der Waals surface area contributed by atoms with Gasteiger partial charge in [-0.15, -0.1) is 0 Å². The van der Waals surface area contributed by atoms with E-state index in [9.17, 15) is 9.59 Å². The van der Waals surface area contributed by atoms with Crippen molar-refractivity contribution in [1.29, 1.82) is 0 Å². The van der Waals surface area contributed by atoms with Gasteiger partial charge in [0.15, 0.2) is 0 Å². The minimum Gasteiger partial charge on any atom is -0.430 e. The first kappa shape index (κ1) is 9.20. The molecule has 0 spiro atoms. The van der Waals surface area contributed by atoms with Crippen molar-refractivity contribution in [3.8, 4) is 0 Å². The quantitative estimate of drug-likeness (QED) is 0.712. The summed E-state index contributed by atoms with van der Waals surface area (Å²) in [6, 6.07) is 3.34. The number of primary amides is 1. The molecule has 2 rings (SSSR count). The van der Waals surface area contributed by atoms with Gasteiger partial charge in [-0.2, -0.15) is 0 Å². The topological polar surface area (TPSA) is 98.2 Å². The number of carbonyl (C=O) groups is 2. The van der Waals surface area contributed by atoms with Gasteiger partial charge < -0.3 is 15.5 Å². The van der Waals surface area contributed by atoms with Gasteiger partial charge in [0.25, 0.3) is 5.91 Å². The number of anilines is 1. The van der Waals surface area contributed by atoms with Gasteiger partial charge >= 0.3 is 0 Å². The fraction of sp³-hybridized carbons (Fsp3) is 0. The van der Waals surface area contributed by atoms with E-state index in [1.54, 1.807) is 12.1 Å². The largest absolute Gasteiger partial charge is 0.430 e. The number of hydrogen-bond acceptors (Lipinski definition) is 4. The van der Waals surface area contributed by atoms with Gasteiger partial charge in [0, 0.05) is 6.20 Å². The molecule has 2 heterocycles. The highest BCUT2D eigenvalue weighted by molar-refractivity contribution is 6.07. The molecule has 0 aromatic carbocycles. The van der Waals surface area contributed by atoms with Crippen molar-refractivity contribution in [2.45, 2.75) is 0 Å². The Morgan fingerprint density at radius 3 is 3.07 bits per heavy atom. The number of pyridine rings is 1. The fourth-order valence-corrected chi connectivity index (χ4v) is 1.31. The van der Waals surface area contributed by atoms with Crippen LogP contribution in [0.25, 0.3) is 11.1 Å². The lowest BCUT2D eigenvalue weighted by molar-refractivity contribution is -0.105. The van der Waals surface area contributed by atoms with Crippen LogP contribution in [0.5, 0.6) is 0 Å². The summed E-state index contributed by atoms with van der Waals surface area (Å²) in [6.07, 6.45) is 1.96. The number of rotatable bonds is 3. The van der Waals surface area contributed by atoms with Crippen molar-refractivity contribution in [2.75, 3.05) is 5.32 Å². The highest BCUT2D eigenvalue weighted by Crippen LogP contribution is 2.28. The summed E-state index contributed by atoms with van der Waals surface area (Å²) in [4.78, 5) is 25.3. The molecule has 0 radical (unpaired) electrons. The van der Waals surface area contributed by atoms with Crippen molar-refractivity contribution < 1.29 is 14.0 Å². The number of fused-ring (bicyclic) bond motifs is 1. The average Bonchev–Trinajstić information content (AvgIpc) is 2.58. The first-order chi connectivity index (χ1) is 7.24. The summed E-state index contributed by atoms with van der Waals surface area (Å²) in [6.45, 7) is 0. The third-order valence-corrected chi connectivity index (χ3v) is 1.89. The highest BCUT2D eigenvalue weighted by atomic mass is 16.4. The molecule has 2 amide bonds. The summed E-state index contributed by atoms with van der Waals surface area (Å²) in [5.74, 6) is -0.854. The van der Waals surface area contributed by atoms with Crippen LogP contribution in [0.4, 0.5) is 5.69 Å². The molecule has 0 unspecified atom stereocenters. The Labute approximate surface area is 84.1 Å². The molecule has 0 aliphatic rings. The second-order valence-electron chi connectivity index (χ2n) is 2.79. The molecule has 76 valence electrons. The van der Waals surface area contributed by atoms with Gasteiger partial charge in [0.2, 0.25) is 17.9 Å². The Bertz CT molecular complexity index is 532. The van der Waals surface area contributed by atoms with Gasteiger partial charge in [0.05, 0.1) is 5.39 Å². The van der Waals surface area contributed by atoms with Crippen LogP contribution >= 0.6 is 0 Å². The van der Waals surface area contributed by atoms with E-state index in [1.807, 2.05) is 0 Å². The number of nitrogens with one attached hydrogen (secondary N) is 1. The molecule has 0 aliphatic heterocycles. The number of amides is 2. The SMILES string of the molecule is NC(=O)c1oc2ncccc2c1NC=O. The molecule has 0 aliphatic carbocycles. The molecule has 2 aromatic rings. The van der Waals surface area contributed by atoms with E-state index in [4.69, 9.17) is 10.2 Å². The first-order valence-electron chi connectivity index (χ1n) is 4.11. The van der Waals surface area contributed by atoms with Crippen molar-refractivity contribution in [3.05, 3.63) is 24.1 Å². The van der Waals surface area contributed by atoms with Crippen LogP contribution in [0.2, 0.25) is 0 Å². The first-order valence-corrected chi connectivity index (χ1v) is 4.11. The summed E-state index contributed by atoms with van der Waals surface area (Å²) >= 11 is 0. The minimum atomic E-state index is -0.752. The van der Waals surface area contributed by atoms with E-state index in [2.05, 4.69) is 10.3 Å². The zero-order valence-corrected chi connectivity index (χ0v) is 7.56. The van der Waals surface area contributed by atoms with Crippen LogP contribution in [0.15, 0.2) is 22.7 Å². The maximum absolute atomic E-state index is 11.0. The Balaban J connectivity index is 2.73. The number of carbonyl (C=O) groups excluding carboxylic acids is 2. The third kappa shape index (κ3) is 1.41. The molecular formula is C9H7N3O3. The van der Waals surface area contributed by atoms with Gasteiger partial charge in [-0.05, 0) is 12.1 Å². The average molecular weight is 205 g/mol. The lowest BCUT2D eigenvalue weighted by Gasteiger charge is -1.95. The van der Waals surface area contributed by atoms with Crippen LogP contribution < -0.4 is 11.1 Å². The number of nitrogens with two attached hydrogens (primary N) is 1. The van der Waals surface area contributed by atoms with E-state index in [0.717, 1.165) is 0 Å². The molecule has 0 saturated heterocycles. The fourth-order valence-electron chi connectivity index (χ4n) is 1.31. The van der Waals surface area contributed by atoms with Crippen LogP contribution in [0.3, 0.4) is 0 Å². The van der Waals surface area contributed by atoms with E-state index in [1.165, 1.54) is 6.20 Å². The van der Waals surface area contributed by atoms with E-state index < -0.39 is 5.91 Å². The van der Waals surface area contributed by atoms with E-state index in [0.29, 0.717) is 11.8 Å². The predicted molar refractivity (Wildman–Crippen MR) is 52.2 cm³/mol. The third-order valence-electron chi connectivity index (χ3n) is 1.89. The molecule has 0 bridgehead atoms. The van der Waals surface area contributed by atoms with Crippen molar-refractivity contribution in [2.24, 2.45) is 5.73 Å². The van der Waals surface area contributed by atoms with Gasteiger partial charge in [-0.1, -0.05) is 0 Å². The van der Waals surface area contributed by atoms with E-state index >= 15 is 0 Å². The molecule has 6 nitrogen and oxygen atoms in total. The highest BCUT2D eigenvalue weighted by Gasteiger charge is 2.18. The number of aromatic nitrogens is 1. The Morgan fingerprint density at radius 2 is 2.40 bits per heavy atom. The standard InChI is InChI=1S/C9H7N3O3/c10-8(14)7-6(12-4-13)5-2-1-3-11-9(5)15-7/h1-4H,(H2,10,14)(H,12,13). The lowest BCUT2D eigenvalue weighted by Crippen LogP contribution is -2.12. The molecule has 6 heteroatoms. The second kappa shape index (κ2) is 3.41. The number of hydrogen-bond donors (Lipinski definition) is 2. The zero-order valence-electron chi connectivity index (χ0n) is 7.56. The van der Waals surface area contributed by atoms with Crippen molar-refractivity contribution in [3.63, 3.8) is 0 Å². The molecule has 0 atom stereocenters. The monoisotopic (exact) mass is 205 g/mol. The summed E-state index contributed by atoms with van der Waals surface area (Å²) in [5, 5.41) is 2.91. The lowest BCUT2D eigenvalue weighted by atomic mass is 10.2. The zero-order chi connectivity index (χ0) is 10.8. The Morgan fingerprint density at radius 1 is 1.60 bits per heavy atom. The Kier molecular flexibility index (Phi) is 2.09. The summed E-state index contributed by atoms with van der Waals surface area (Å²) in [7, 11) is 0. The van der Waals surface area contributed by atoms with Crippen LogP contribution in [-0.2, 0) is 4.79 Å². The van der Waals surface area contributed by atoms with E-state index in [-0.39, 0.29) is 17.2 Å². The summed E-state index contributed by atoms with van der Waals surface area (Å²) < 4.78 is 5.11. The molecule has 0 fully saturated rings. The van der Waals surface area contributed by atoms with Crippen LogP contribution in [0, 0.1) is 0 Å². The number of nitrogens with zero attached hydrogens (tertiary/aromatic N) is 1. The molecular weight excluding hydrogens is 198 g/mol. The molecule has 15 heavy (non-hydrogen) atoms. The molecule has 3 N–H and O–H groups in total. The smallest absolute Gasteiger partial charge is 0.286 e. The van der Waals surface area contributed by atoms with Gasteiger partial charge in [-0.3, -0.25) is 9.59 Å². The molecule has 2 aromatic heterocycles.